The number of nitrogen functional groups attached to an aromatic ring is 1. The molecule has 2 heterocycles. The lowest BCUT2D eigenvalue weighted by molar-refractivity contribution is 0.346. The Morgan fingerprint density at radius 1 is 1.00 bits per heavy atom. The molecule has 0 aliphatic rings. The second-order valence-corrected chi connectivity index (χ2v) is 3.14. The molecule has 3 rings (SSSR count). The molecule has 0 spiro atoms. The molecule has 3 N–H and O–H groups in total. The maximum atomic E-state index is 9.18. The molecule has 4 heteroatoms. The molecular formula is C10H7NO3. The van der Waals surface area contributed by atoms with E-state index in [0.717, 1.165) is 10.8 Å². The van der Waals surface area contributed by atoms with Crippen LogP contribution in [-0.4, -0.2) is 5.11 Å². The molecule has 0 unspecified atom stereocenters. The number of hydrogen-bond acceptors (Lipinski definition) is 4. The van der Waals surface area contributed by atoms with Gasteiger partial charge >= 0.3 is 0 Å². The van der Waals surface area contributed by atoms with Gasteiger partial charge in [0, 0.05) is 22.9 Å². The van der Waals surface area contributed by atoms with E-state index >= 15 is 0 Å². The highest BCUT2D eigenvalue weighted by Gasteiger charge is 2.10. The predicted molar refractivity (Wildman–Crippen MR) is 52.1 cm³/mol. The summed E-state index contributed by atoms with van der Waals surface area (Å²) in [4.78, 5) is 0. The van der Waals surface area contributed by atoms with Crippen molar-refractivity contribution >= 4 is 27.8 Å². The highest BCUT2D eigenvalue weighted by Crippen LogP contribution is 2.33. The Morgan fingerprint density at radius 3 is 2.43 bits per heavy atom. The minimum atomic E-state index is -0.123. The maximum absolute atomic E-state index is 9.18. The van der Waals surface area contributed by atoms with E-state index in [1.54, 1.807) is 6.07 Å². The van der Waals surface area contributed by atoms with E-state index in [2.05, 4.69) is 0 Å². The lowest BCUT2D eigenvalue weighted by Gasteiger charge is -1.88. The van der Waals surface area contributed by atoms with E-state index in [-0.39, 0.29) is 5.95 Å². The van der Waals surface area contributed by atoms with Gasteiger partial charge in [-0.05, 0) is 0 Å². The molecule has 0 saturated heterocycles. The van der Waals surface area contributed by atoms with E-state index in [4.69, 9.17) is 14.6 Å². The number of nitrogens with two attached hydrogens (primary N) is 1. The maximum Gasteiger partial charge on any atom is 0.283 e. The van der Waals surface area contributed by atoms with Crippen LogP contribution >= 0.6 is 0 Å². The van der Waals surface area contributed by atoms with Gasteiger partial charge in [-0.2, -0.15) is 0 Å². The second kappa shape index (κ2) is 2.23. The molecule has 1 aromatic carbocycles. The van der Waals surface area contributed by atoms with Crippen LogP contribution in [0.2, 0.25) is 0 Å². The van der Waals surface area contributed by atoms with Gasteiger partial charge in [-0.25, -0.2) is 0 Å². The second-order valence-electron chi connectivity index (χ2n) is 3.14. The van der Waals surface area contributed by atoms with Crippen molar-refractivity contribution in [3.8, 4) is 5.95 Å². The summed E-state index contributed by atoms with van der Waals surface area (Å²) in [5.41, 5.74) is 6.61. The number of anilines is 1. The summed E-state index contributed by atoms with van der Waals surface area (Å²) in [5, 5.41) is 10.8. The van der Waals surface area contributed by atoms with Gasteiger partial charge in [-0.1, -0.05) is 12.1 Å². The van der Waals surface area contributed by atoms with Crippen LogP contribution in [-0.2, 0) is 0 Å². The monoisotopic (exact) mass is 189 g/mol. The summed E-state index contributed by atoms with van der Waals surface area (Å²) in [7, 11) is 0. The van der Waals surface area contributed by atoms with Crippen molar-refractivity contribution < 1.29 is 13.9 Å². The summed E-state index contributed by atoms with van der Waals surface area (Å²) >= 11 is 0. The zero-order chi connectivity index (χ0) is 9.71. The van der Waals surface area contributed by atoms with Crippen molar-refractivity contribution in [1.82, 2.24) is 0 Å². The van der Waals surface area contributed by atoms with Crippen molar-refractivity contribution in [3.63, 3.8) is 0 Å². The van der Waals surface area contributed by atoms with Crippen LogP contribution in [0, 0.1) is 0 Å². The van der Waals surface area contributed by atoms with Crippen molar-refractivity contribution in [2.75, 3.05) is 5.73 Å². The molecular weight excluding hydrogens is 182 g/mol. The zero-order valence-electron chi connectivity index (χ0n) is 7.15. The first-order valence-corrected chi connectivity index (χ1v) is 4.14. The molecule has 0 saturated carbocycles. The minimum absolute atomic E-state index is 0.123. The topological polar surface area (TPSA) is 72.5 Å². The van der Waals surface area contributed by atoms with Gasteiger partial charge in [-0.15, -0.1) is 0 Å². The van der Waals surface area contributed by atoms with Crippen LogP contribution < -0.4 is 5.73 Å². The van der Waals surface area contributed by atoms with Gasteiger partial charge < -0.3 is 19.7 Å². The average Bonchev–Trinajstić information content (AvgIpc) is 2.65. The molecule has 0 radical (unpaired) electrons. The Hall–Kier alpha value is -2.10. The lowest BCUT2D eigenvalue weighted by Crippen LogP contribution is -1.75. The SMILES string of the molecule is Nc1cc2ccc3cc(O)oc3c2o1. The van der Waals surface area contributed by atoms with E-state index in [1.165, 1.54) is 6.07 Å². The lowest BCUT2D eigenvalue weighted by atomic mass is 10.2. The third-order valence-corrected chi connectivity index (χ3v) is 2.18. The fourth-order valence-corrected chi connectivity index (χ4v) is 1.60. The van der Waals surface area contributed by atoms with Crippen LogP contribution in [0.3, 0.4) is 0 Å². The Morgan fingerprint density at radius 2 is 1.64 bits per heavy atom. The number of aromatic hydroxyl groups is 1. The molecule has 0 aliphatic carbocycles. The molecule has 2 aromatic heterocycles. The molecule has 70 valence electrons. The summed E-state index contributed by atoms with van der Waals surface area (Å²) in [6.45, 7) is 0. The van der Waals surface area contributed by atoms with E-state index < -0.39 is 0 Å². The highest BCUT2D eigenvalue weighted by atomic mass is 16.5. The minimum Gasteiger partial charge on any atom is -0.481 e. The van der Waals surface area contributed by atoms with E-state index in [9.17, 15) is 5.11 Å². The smallest absolute Gasteiger partial charge is 0.283 e. The highest BCUT2D eigenvalue weighted by molar-refractivity contribution is 6.02. The molecule has 0 atom stereocenters. The van der Waals surface area contributed by atoms with Gasteiger partial charge in [-0.3, -0.25) is 0 Å². The average molecular weight is 189 g/mol. The van der Waals surface area contributed by atoms with Crippen molar-refractivity contribution in [2.45, 2.75) is 0 Å². The van der Waals surface area contributed by atoms with Crippen LogP contribution in [0.4, 0.5) is 5.88 Å². The number of benzene rings is 1. The first-order valence-electron chi connectivity index (χ1n) is 4.14. The summed E-state index contributed by atoms with van der Waals surface area (Å²) in [6.07, 6.45) is 0. The van der Waals surface area contributed by atoms with Crippen molar-refractivity contribution in [1.29, 1.82) is 0 Å². The van der Waals surface area contributed by atoms with Crippen LogP contribution in [0.15, 0.2) is 33.1 Å². The van der Waals surface area contributed by atoms with E-state index in [1.807, 2.05) is 12.1 Å². The molecule has 14 heavy (non-hydrogen) atoms. The number of rotatable bonds is 0. The van der Waals surface area contributed by atoms with Gasteiger partial charge in [0.2, 0.25) is 0 Å². The summed E-state index contributed by atoms with van der Waals surface area (Å²) in [6, 6.07) is 6.96. The van der Waals surface area contributed by atoms with Gasteiger partial charge in [0.25, 0.3) is 5.95 Å². The largest absolute Gasteiger partial charge is 0.481 e. The Labute approximate surface area is 78.5 Å². The van der Waals surface area contributed by atoms with Gasteiger partial charge in [0.15, 0.2) is 17.1 Å². The zero-order valence-corrected chi connectivity index (χ0v) is 7.15. The summed E-state index contributed by atoms with van der Waals surface area (Å²) < 4.78 is 10.4. The first-order chi connectivity index (χ1) is 6.74. The van der Waals surface area contributed by atoms with E-state index in [0.29, 0.717) is 17.1 Å². The van der Waals surface area contributed by atoms with Crippen LogP contribution in [0.1, 0.15) is 0 Å². The Balaban J connectivity index is 2.58. The Bertz CT molecular complexity index is 565. The molecule has 0 fully saturated rings. The molecule has 0 aliphatic heterocycles. The molecule has 3 aromatic rings. The van der Waals surface area contributed by atoms with Crippen LogP contribution in [0.25, 0.3) is 21.9 Å². The fourth-order valence-electron chi connectivity index (χ4n) is 1.60. The third-order valence-electron chi connectivity index (χ3n) is 2.18. The molecule has 0 bridgehead atoms. The molecule has 4 nitrogen and oxygen atoms in total. The van der Waals surface area contributed by atoms with Crippen molar-refractivity contribution in [3.05, 3.63) is 24.3 Å². The Kier molecular flexibility index (Phi) is 1.16. The third kappa shape index (κ3) is 0.821. The van der Waals surface area contributed by atoms with Crippen LogP contribution in [0.5, 0.6) is 5.95 Å². The number of furan rings is 2. The molecule has 0 amide bonds. The normalized spacial score (nSPS) is 11.4. The number of hydrogen-bond donors (Lipinski definition) is 2. The first kappa shape index (κ1) is 7.32. The quantitative estimate of drug-likeness (QED) is 0.569. The standard InChI is InChI=1S/C10H7NO3/c11-7-3-5-1-2-6-4-8(12)14-10(6)9(5)13-7/h1-4,12H,11H2. The number of fused-ring (bicyclic) bond motifs is 3. The van der Waals surface area contributed by atoms with Crippen molar-refractivity contribution in [2.24, 2.45) is 0 Å². The fraction of sp³-hybridized carbons (Fsp3) is 0. The predicted octanol–water partition coefficient (Wildman–Crippen LogP) is 2.47. The van der Waals surface area contributed by atoms with Gasteiger partial charge in [0.1, 0.15) is 0 Å². The summed E-state index contributed by atoms with van der Waals surface area (Å²) in [5.74, 6) is 0.214. The van der Waals surface area contributed by atoms with Gasteiger partial charge in [0.05, 0.1) is 0 Å².